The molecule has 0 atom stereocenters. The minimum atomic E-state index is -0.0251. The van der Waals surface area contributed by atoms with Gasteiger partial charge in [0.1, 0.15) is 6.61 Å². The summed E-state index contributed by atoms with van der Waals surface area (Å²) in [5.74, 6) is -0.0251. The molecular weight excluding hydrogens is 285 g/mol. The first-order valence-corrected chi connectivity index (χ1v) is 7.02. The zero-order valence-corrected chi connectivity index (χ0v) is 13.0. The number of nitrogens with zero attached hydrogens (tertiary/aromatic N) is 1. The van der Waals surface area contributed by atoms with Crippen LogP contribution in [0.4, 0.5) is 0 Å². The van der Waals surface area contributed by atoms with Crippen LogP contribution in [-0.4, -0.2) is 30.1 Å². The van der Waals surface area contributed by atoms with Gasteiger partial charge in [-0.3, -0.25) is 4.79 Å². The molecule has 0 heterocycles. The molecule has 3 nitrogen and oxygen atoms in total. The van der Waals surface area contributed by atoms with E-state index in [1.807, 2.05) is 26.8 Å². The van der Waals surface area contributed by atoms with Crippen molar-refractivity contribution in [1.29, 1.82) is 0 Å². The summed E-state index contributed by atoms with van der Waals surface area (Å²) in [5.41, 5.74) is 0.952. The average Bonchev–Trinajstić information content (AvgIpc) is 2.36. The monoisotopic (exact) mass is 303 g/mol. The molecular formula is C14H19Cl2NO2. The third-order valence-electron chi connectivity index (χ3n) is 2.71. The number of halogens is 2. The lowest BCUT2D eigenvalue weighted by atomic mass is 10.2. The van der Waals surface area contributed by atoms with Gasteiger partial charge >= 0.3 is 0 Å². The summed E-state index contributed by atoms with van der Waals surface area (Å²) in [6, 6.07) is 5.50. The van der Waals surface area contributed by atoms with Crippen molar-refractivity contribution in [3.05, 3.63) is 33.8 Å². The minimum absolute atomic E-state index is 0.0251. The fourth-order valence-electron chi connectivity index (χ4n) is 1.67. The molecule has 1 aromatic carbocycles. The molecule has 0 saturated carbocycles. The zero-order valence-electron chi connectivity index (χ0n) is 11.5. The molecule has 0 bridgehead atoms. The maximum atomic E-state index is 12.0. The molecule has 0 N–H and O–H groups in total. The second-order valence-electron chi connectivity index (χ2n) is 4.50. The van der Waals surface area contributed by atoms with Crippen molar-refractivity contribution in [2.75, 3.05) is 13.2 Å². The van der Waals surface area contributed by atoms with Crippen LogP contribution in [0.15, 0.2) is 18.2 Å². The molecule has 1 amide bonds. The quantitative estimate of drug-likeness (QED) is 0.800. The van der Waals surface area contributed by atoms with Gasteiger partial charge < -0.3 is 9.64 Å². The van der Waals surface area contributed by atoms with E-state index in [9.17, 15) is 4.79 Å². The van der Waals surface area contributed by atoms with Crippen molar-refractivity contribution in [1.82, 2.24) is 4.90 Å². The Hall–Kier alpha value is -0.770. The van der Waals surface area contributed by atoms with Gasteiger partial charge in [0.15, 0.2) is 0 Å². The van der Waals surface area contributed by atoms with Gasteiger partial charge in [-0.1, -0.05) is 29.3 Å². The van der Waals surface area contributed by atoms with Crippen molar-refractivity contribution in [2.24, 2.45) is 0 Å². The van der Waals surface area contributed by atoms with E-state index in [0.717, 1.165) is 5.56 Å². The smallest absolute Gasteiger partial charge is 0.249 e. The van der Waals surface area contributed by atoms with Gasteiger partial charge in [-0.05, 0) is 38.5 Å². The fraction of sp³-hybridized carbons (Fsp3) is 0.500. The van der Waals surface area contributed by atoms with Crippen molar-refractivity contribution in [3.63, 3.8) is 0 Å². The Bertz CT molecular complexity index is 435. The highest BCUT2D eigenvalue weighted by atomic mass is 35.5. The van der Waals surface area contributed by atoms with Gasteiger partial charge in [0.25, 0.3) is 0 Å². The normalized spacial score (nSPS) is 10.8. The Morgan fingerprint density at radius 3 is 2.53 bits per heavy atom. The van der Waals surface area contributed by atoms with Gasteiger partial charge in [-0.2, -0.15) is 0 Å². The van der Waals surface area contributed by atoms with Gasteiger partial charge in [0.2, 0.25) is 5.91 Å². The van der Waals surface area contributed by atoms with Gasteiger partial charge in [-0.15, -0.1) is 0 Å². The summed E-state index contributed by atoms with van der Waals surface area (Å²) in [6.45, 7) is 6.95. The largest absolute Gasteiger partial charge is 0.372 e. The van der Waals surface area contributed by atoms with Crippen molar-refractivity contribution in [3.8, 4) is 0 Å². The van der Waals surface area contributed by atoms with Crippen LogP contribution in [0.2, 0.25) is 10.0 Å². The molecule has 0 aliphatic carbocycles. The van der Waals surface area contributed by atoms with Crippen molar-refractivity contribution >= 4 is 29.1 Å². The number of hydrogen-bond acceptors (Lipinski definition) is 2. The first-order valence-electron chi connectivity index (χ1n) is 6.26. The maximum absolute atomic E-state index is 12.0. The Balaban J connectivity index is 2.77. The van der Waals surface area contributed by atoms with Crippen LogP contribution in [0.5, 0.6) is 0 Å². The Morgan fingerprint density at radius 2 is 2.00 bits per heavy atom. The highest BCUT2D eigenvalue weighted by Crippen LogP contribution is 2.23. The zero-order chi connectivity index (χ0) is 14.4. The summed E-state index contributed by atoms with van der Waals surface area (Å²) >= 11 is 11.9. The number of benzene rings is 1. The van der Waals surface area contributed by atoms with Gasteiger partial charge in [0.05, 0.1) is 10.0 Å². The Morgan fingerprint density at radius 1 is 1.32 bits per heavy atom. The Kier molecular flexibility index (Phi) is 6.63. The topological polar surface area (TPSA) is 29.5 Å². The molecule has 106 valence electrons. The lowest BCUT2D eigenvalue weighted by molar-refractivity contribution is -0.138. The molecule has 5 heteroatoms. The summed E-state index contributed by atoms with van der Waals surface area (Å²) in [6.07, 6.45) is 0. The molecule has 0 saturated heterocycles. The van der Waals surface area contributed by atoms with Crippen LogP contribution in [0.25, 0.3) is 0 Å². The van der Waals surface area contributed by atoms with Crippen LogP contribution in [0.3, 0.4) is 0 Å². The number of ether oxygens (including phenoxy) is 1. The molecule has 0 fully saturated rings. The lowest BCUT2D eigenvalue weighted by Crippen LogP contribution is -2.38. The molecule has 0 radical (unpaired) electrons. The maximum Gasteiger partial charge on any atom is 0.249 e. The molecule has 1 aromatic rings. The molecule has 0 aromatic heterocycles. The van der Waals surface area contributed by atoms with Crippen molar-refractivity contribution in [2.45, 2.75) is 33.4 Å². The fourth-order valence-corrected chi connectivity index (χ4v) is 1.99. The third-order valence-corrected chi connectivity index (χ3v) is 3.45. The third kappa shape index (κ3) is 5.01. The summed E-state index contributed by atoms with van der Waals surface area (Å²) in [4.78, 5) is 13.8. The number of amides is 1. The van der Waals surface area contributed by atoms with Crippen LogP contribution in [0, 0.1) is 0 Å². The molecule has 0 unspecified atom stereocenters. The number of carbonyl (C=O) groups excluding carboxylic acids is 1. The van der Waals surface area contributed by atoms with Crippen molar-refractivity contribution < 1.29 is 9.53 Å². The average molecular weight is 304 g/mol. The van der Waals surface area contributed by atoms with Gasteiger partial charge in [-0.25, -0.2) is 0 Å². The number of carbonyl (C=O) groups is 1. The van der Waals surface area contributed by atoms with E-state index >= 15 is 0 Å². The van der Waals surface area contributed by atoms with E-state index in [2.05, 4.69) is 0 Å². The second-order valence-corrected chi connectivity index (χ2v) is 5.32. The highest BCUT2D eigenvalue weighted by Gasteiger charge is 2.17. The van der Waals surface area contributed by atoms with Gasteiger partial charge in [0, 0.05) is 19.2 Å². The SMILES string of the molecule is CCOCC(=O)N(Cc1ccc(Cl)c(Cl)c1)C(C)C. The van der Waals surface area contributed by atoms with E-state index in [-0.39, 0.29) is 18.6 Å². The summed E-state index contributed by atoms with van der Waals surface area (Å²) < 4.78 is 5.17. The molecule has 19 heavy (non-hydrogen) atoms. The standard InChI is InChI=1S/C14H19Cl2NO2/c1-4-19-9-14(18)17(10(2)3)8-11-5-6-12(15)13(16)7-11/h5-7,10H,4,8-9H2,1-3H3. The van der Waals surface area contributed by atoms with E-state index in [0.29, 0.717) is 23.2 Å². The molecule has 0 aliphatic rings. The number of rotatable bonds is 6. The van der Waals surface area contributed by atoms with Crippen LogP contribution in [-0.2, 0) is 16.1 Å². The predicted molar refractivity (Wildman–Crippen MR) is 78.6 cm³/mol. The predicted octanol–water partition coefficient (Wildman–Crippen LogP) is 3.77. The number of hydrogen-bond donors (Lipinski definition) is 0. The van der Waals surface area contributed by atoms with Crippen LogP contribution >= 0.6 is 23.2 Å². The van der Waals surface area contributed by atoms with E-state index in [4.69, 9.17) is 27.9 Å². The lowest BCUT2D eigenvalue weighted by Gasteiger charge is -2.27. The molecule has 0 aliphatic heterocycles. The molecule has 1 rings (SSSR count). The summed E-state index contributed by atoms with van der Waals surface area (Å²) in [7, 11) is 0. The summed E-state index contributed by atoms with van der Waals surface area (Å²) in [5, 5.41) is 1.02. The Labute approximate surface area is 124 Å². The van der Waals surface area contributed by atoms with E-state index in [1.165, 1.54) is 0 Å². The molecule has 0 spiro atoms. The van der Waals surface area contributed by atoms with Crippen LogP contribution in [0.1, 0.15) is 26.3 Å². The first kappa shape index (κ1) is 16.3. The van der Waals surface area contributed by atoms with E-state index in [1.54, 1.807) is 17.0 Å². The minimum Gasteiger partial charge on any atom is -0.372 e. The second kappa shape index (κ2) is 7.73. The van der Waals surface area contributed by atoms with Crippen LogP contribution < -0.4 is 0 Å². The van der Waals surface area contributed by atoms with E-state index < -0.39 is 0 Å². The first-order chi connectivity index (χ1) is 8.95. The highest BCUT2D eigenvalue weighted by molar-refractivity contribution is 6.42.